The van der Waals surface area contributed by atoms with Gasteiger partial charge in [-0.25, -0.2) is 0 Å². The van der Waals surface area contributed by atoms with Crippen molar-refractivity contribution in [3.8, 4) is 0 Å². The lowest BCUT2D eigenvalue weighted by Gasteiger charge is -2.39. The Morgan fingerprint density at radius 1 is 1.30 bits per heavy atom. The molecule has 5 nitrogen and oxygen atoms in total. The van der Waals surface area contributed by atoms with Crippen LogP contribution in [0.5, 0.6) is 0 Å². The molecule has 1 saturated carbocycles. The lowest BCUT2D eigenvalue weighted by molar-refractivity contribution is -0.155. The molecule has 0 radical (unpaired) electrons. The Morgan fingerprint density at radius 2 is 1.96 bits per heavy atom. The molecule has 1 fully saturated rings. The molecule has 0 spiro atoms. The number of ketones is 1. The molecule has 3 rings (SSSR count). The largest absolute Gasteiger partial charge is 0.459 e. The number of fused-ring (bicyclic) bond motifs is 2. The fourth-order valence-electron chi connectivity index (χ4n) is 5.85. The van der Waals surface area contributed by atoms with Gasteiger partial charge in [0.1, 0.15) is 12.2 Å². The summed E-state index contributed by atoms with van der Waals surface area (Å²) < 4.78 is 5.57. The van der Waals surface area contributed by atoms with Gasteiger partial charge in [0.05, 0.1) is 6.61 Å². The van der Waals surface area contributed by atoms with Crippen molar-refractivity contribution in [2.24, 2.45) is 22.7 Å². The van der Waals surface area contributed by atoms with E-state index in [1.807, 2.05) is 6.08 Å². The summed E-state index contributed by atoms with van der Waals surface area (Å²) in [5.74, 6) is -0.172. The van der Waals surface area contributed by atoms with Crippen LogP contribution in [0.4, 0.5) is 0 Å². The molecule has 0 amide bonds. The number of aliphatic hydroxyl groups is 2. The fraction of sp³-hybridized carbons (Fsp3) is 0.727. The van der Waals surface area contributed by atoms with Gasteiger partial charge in [0.25, 0.3) is 0 Å². The quantitative estimate of drug-likeness (QED) is 0.740. The van der Waals surface area contributed by atoms with E-state index in [9.17, 15) is 19.8 Å². The average Bonchev–Trinajstić information content (AvgIpc) is 2.70. The summed E-state index contributed by atoms with van der Waals surface area (Å²) in [4.78, 5) is 24.1. The molecule has 3 aliphatic rings. The molecule has 0 saturated heterocycles. The van der Waals surface area contributed by atoms with Crippen LogP contribution >= 0.6 is 0 Å². The highest BCUT2D eigenvalue weighted by molar-refractivity contribution is 5.98. The van der Waals surface area contributed by atoms with Crippen LogP contribution in [0.15, 0.2) is 22.8 Å². The SMILES string of the molecule is CC(=O)O[C@H]1[C@@H](O)C2=CC3=C(CO)C(=O)CC[C@@]3(C)CC[C@]2(C)[C@H]1C(C)C. The minimum Gasteiger partial charge on any atom is -0.459 e. The monoisotopic (exact) mass is 376 g/mol. The standard InChI is InChI=1S/C22H32O5/c1-12(2)18-20(27-13(3)24)19(26)16-10-15-14(11-23)17(25)6-7-21(15,4)8-9-22(16,18)5/h10,12,18-20,23,26H,6-9,11H2,1-5H3/t18-,19-,20+,21-,22-/m0/s1. The summed E-state index contributed by atoms with van der Waals surface area (Å²) in [6.07, 6.45) is 3.43. The summed E-state index contributed by atoms with van der Waals surface area (Å²) in [6.45, 7) is 9.61. The molecule has 0 unspecified atom stereocenters. The van der Waals surface area contributed by atoms with Crippen molar-refractivity contribution in [1.29, 1.82) is 0 Å². The molecular weight excluding hydrogens is 344 g/mol. The third kappa shape index (κ3) is 3.09. The van der Waals surface area contributed by atoms with Crippen LogP contribution in [0.1, 0.15) is 60.3 Å². The Hall–Kier alpha value is -1.46. The van der Waals surface area contributed by atoms with Gasteiger partial charge in [-0.05, 0) is 47.2 Å². The van der Waals surface area contributed by atoms with Crippen LogP contribution in [0, 0.1) is 22.7 Å². The Labute approximate surface area is 161 Å². The van der Waals surface area contributed by atoms with Crippen molar-refractivity contribution in [2.75, 3.05) is 6.61 Å². The molecular formula is C22H32O5. The number of rotatable bonds is 3. The Morgan fingerprint density at radius 3 is 2.52 bits per heavy atom. The highest BCUT2D eigenvalue weighted by atomic mass is 16.6. The van der Waals surface area contributed by atoms with Gasteiger partial charge in [-0.1, -0.05) is 33.8 Å². The van der Waals surface area contributed by atoms with E-state index < -0.39 is 18.2 Å². The first kappa shape index (κ1) is 20.3. The lowest BCUT2D eigenvalue weighted by Crippen LogP contribution is -2.38. The molecule has 27 heavy (non-hydrogen) atoms. The second-order valence-corrected chi connectivity index (χ2v) is 9.34. The molecule has 3 aliphatic carbocycles. The van der Waals surface area contributed by atoms with Gasteiger partial charge in [0, 0.05) is 24.8 Å². The zero-order chi connectivity index (χ0) is 20.1. The number of hydrogen-bond donors (Lipinski definition) is 2. The van der Waals surface area contributed by atoms with Crippen molar-refractivity contribution in [3.63, 3.8) is 0 Å². The third-order valence-corrected chi connectivity index (χ3v) is 7.27. The van der Waals surface area contributed by atoms with E-state index in [0.29, 0.717) is 12.0 Å². The highest BCUT2D eigenvalue weighted by Gasteiger charge is 2.58. The predicted octanol–water partition coefficient (Wildman–Crippen LogP) is 2.95. The third-order valence-electron chi connectivity index (χ3n) is 7.27. The van der Waals surface area contributed by atoms with Gasteiger partial charge in [-0.15, -0.1) is 0 Å². The maximum Gasteiger partial charge on any atom is 0.303 e. The van der Waals surface area contributed by atoms with Gasteiger partial charge < -0.3 is 14.9 Å². The minimum atomic E-state index is -0.891. The molecule has 0 bridgehead atoms. The second-order valence-electron chi connectivity index (χ2n) is 9.34. The van der Waals surface area contributed by atoms with E-state index in [1.54, 1.807) is 0 Å². The minimum absolute atomic E-state index is 0.000260. The molecule has 0 aromatic rings. The van der Waals surface area contributed by atoms with Crippen molar-refractivity contribution in [2.45, 2.75) is 72.5 Å². The van der Waals surface area contributed by atoms with E-state index >= 15 is 0 Å². The first-order valence-electron chi connectivity index (χ1n) is 10.00. The maximum atomic E-state index is 12.4. The van der Waals surface area contributed by atoms with Gasteiger partial charge in [-0.3, -0.25) is 9.59 Å². The fourth-order valence-corrected chi connectivity index (χ4v) is 5.85. The van der Waals surface area contributed by atoms with Crippen molar-refractivity contribution in [3.05, 3.63) is 22.8 Å². The average molecular weight is 376 g/mol. The van der Waals surface area contributed by atoms with Gasteiger partial charge in [0.15, 0.2) is 5.78 Å². The first-order chi connectivity index (χ1) is 12.5. The van der Waals surface area contributed by atoms with E-state index in [-0.39, 0.29) is 35.1 Å². The van der Waals surface area contributed by atoms with Crippen LogP contribution in [-0.4, -0.2) is 40.8 Å². The summed E-state index contributed by atoms with van der Waals surface area (Å²) in [6, 6.07) is 0. The number of esters is 1. The number of carbonyl (C=O) groups excluding carboxylic acids is 2. The zero-order valence-corrected chi connectivity index (χ0v) is 17.0. The number of ether oxygens (including phenoxy) is 1. The van der Waals surface area contributed by atoms with Gasteiger partial charge in [0.2, 0.25) is 0 Å². The molecule has 0 aromatic heterocycles. The van der Waals surface area contributed by atoms with E-state index in [2.05, 4.69) is 27.7 Å². The summed E-state index contributed by atoms with van der Waals surface area (Å²) >= 11 is 0. The molecule has 5 atom stereocenters. The normalized spacial score (nSPS) is 39.0. The van der Waals surface area contributed by atoms with Crippen LogP contribution < -0.4 is 0 Å². The van der Waals surface area contributed by atoms with E-state index in [1.165, 1.54) is 6.92 Å². The number of hydrogen-bond acceptors (Lipinski definition) is 5. The number of carbonyl (C=O) groups is 2. The van der Waals surface area contributed by atoms with Crippen LogP contribution in [0.25, 0.3) is 0 Å². The number of aliphatic hydroxyl groups excluding tert-OH is 2. The zero-order valence-electron chi connectivity index (χ0n) is 17.0. The number of Topliss-reactive ketones (excluding diaryl/α,β-unsaturated/α-hetero) is 1. The first-order valence-corrected chi connectivity index (χ1v) is 10.00. The molecule has 0 aromatic carbocycles. The predicted molar refractivity (Wildman–Crippen MR) is 102 cm³/mol. The van der Waals surface area contributed by atoms with E-state index in [0.717, 1.165) is 30.4 Å². The Bertz CT molecular complexity index is 718. The van der Waals surface area contributed by atoms with Crippen LogP contribution in [0.3, 0.4) is 0 Å². The molecule has 0 heterocycles. The van der Waals surface area contributed by atoms with Crippen LogP contribution in [0.2, 0.25) is 0 Å². The second kappa shape index (κ2) is 6.85. The summed E-state index contributed by atoms with van der Waals surface area (Å²) in [5.41, 5.74) is 1.69. The number of allylic oxidation sites excluding steroid dienone is 2. The molecule has 5 heteroatoms. The van der Waals surface area contributed by atoms with E-state index in [4.69, 9.17) is 4.74 Å². The molecule has 0 aliphatic heterocycles. The summed E-state index contributed by atoms with van der Waals surface area (Å²) in [7, 11) is 0. The maximum absolute atomic E-state index is 12.4. The summed E-state index contributed by atoms with van der Waals surface area (Å²) in [5, 5.41) is 21.0. The van der Waals surface area contributed by atoms with Crippen molar-refractivity contribution >= 4 is 11.8 Å². The Balaban J connectivity index is 2.19. The van der Waals surface area contributed by atoms with Gasteiger partial charge >= 0.3 is 5.97 Å². The van der Waals surface area contributed by atoms with Crippen LogP contribution in [-0.2, 0) is 14.3 Å². The van der Waals surface area contributed by atoms with Crippen molar-refractivity contribution in [1.82, 2.24) is 0 Å². The van der Waals surface area contributed by atoms with Gasteiger partial charge in [-0.2, -0.15) is 0 Å². The van der Waals surface area contributed by atoms with Crippen molar-refractivity contribution < 1.29 is 24.5 Å². The molecule has 150 valence electrons. The highest BCUT2D eigenvalue weighted by Crippen LogP contribution is 2.60. The topological polar surface area (TPSA) is 83.8 Å². The lowest BCUT2D eigenvalue weighted by atomic mass is 9.65. The molecule has 2 N–H and O–H groups in total. The smallest absolute Gasteiger partial charge is 0.303 e. The Kier molecular flexibility index (Phi) is 5.15.